The van der Waals surface area contributed by atoms with Crippen molar-refractivity contribution in [2.75, 3.05) is 6.61 Å². The Morgan fingerprint density at radius 1 is 1.35 bits per heavy atom. The lowest BCUT2D eigenvalue weighted by atomic mass is 10.1. The van der Waals surface area contributed by atoms with Gasteiger partial charge in [0.1, 0.15) is 5.75 Å². The molecule has 0 aliphatic rings. The predicted octanol–water partition coefficient (Wildman–Crippen LogP) is 4.46. The number of aryl methyl sites for hydroxylation is 1. The number of nitrogens with one attached hydrogen (secondary N) is 1. The van der Waals surface area contributed by atoms with Crippen molar-refractivity contribution in [1.82, 2.24) is 10.3 Å². The van der Waals surface area contributed by atoms with Gasteiger partial charge in [-0.05, 0) is 44.5 Å². The first-order valence-corrected chi connectivity index (χ1v) is 8.80. The molecule has 1 aromatic heterocycles. The van der Waals surface area contributed by atoms with Crippen LogP contribution in [0.3, 0.4) is 0 Å². The Balaban J connectivity index is 2.07. The van der Waals surface area contributed by atoms with E-state index < -0.39 is 0 Å². The maximum atomic E-state index is 12.4. The third kappa shape index (κ3) is 4.32. The van der Waals surface area contributed by atoms with Crippen LogP contribution >= 0.6 is 11.3 Å². The molecule has 0 fully saturated rings. The number of carbonyl (C=O) groups excluding carboxylic acids is 1. The van der Waals surface area contributed by atoms with E-state index in [0.29, 0.717) is 18.1 Å². The summed E-state index contributed by atoms with van der Waals surface area (Å²) in [5.41, 5.74) is 2.51. The van der Waals surface area contributed by atoms with E-state index in [0.717, 1.165) is 22.0 Å². The summed E-state index contributed by atoms with van der Waals surface area (Å²) in [6, 6.07) is 5.38. The Kier molecular flexibility index (Phi) is 5.77. The van der Waals surface area contributed by atoms with Crippen LogP contribution < -0.4 is 10.1 Å². The summed E-state index contributed by atoms with van der Waals surface area (Å²) in [4.78, 5) is 17.0. The molecule has 0 aliphatic heterocycles. The number of aromatic nitrogens is 1. The highest BCUT2D eigenvalue weighted by molar-refractivity contribution is 7.09. The number of benzene rings is 1. The summed E-state index contributed by atoms with van der Waals surface area (Å²) in [5.74, 6) is 1.13. The van der Waals surface area contributed by atoms with Gasteiger partial charge in [0.25, 0.3) is 5.91 Å². The van der Waals surface area contributed by atoms with E-state index in [2.05, 4.69) is 24.1 Å². The predicted molar refractivity (Wildman–Crippen MR) is 94.4 cm³/mol. The van der Waals surface area contributed by atoms with Gasteiger partial charge in [-0.1, -0.05) is 13.8 Å². The lowest BCUT2D eigenvalue weighted by Gasteiger charge is -2.13. The highest BCUT2D eigenvalue weighted by Gasteiger charge is 2.16. The lowest BCUT2D eigenvalue weighted by molar-refractivity contribution is 0.0939. The Bertz CT molecular complexity index is 679. The molecule has 0 aliphatic carbocycles. The molecule has 0 bridgehead atoms. The third-order valence-corrected chi connectivity index (χ3v) is 4.73. The van der Waals surface area contributed by atoms with Crippen LogP contribution in [0.2, 0.25) is 0 Å². The first kappa shape index (κ1) is 17.5. The zero-order valence-corrected chi connectivity index (χ0v) is 15.2. The molecule has 1 N–H and O–H groups in total. The molecule has 2 rings (SSSR count). The van der Waals surface area contributed by atoms with E-state index in [1.54, 1.807) is 17.4 Å². The second-order valence-electron chi connectivity index (χ2n) is 5.87. The van der Waals surface area contributed by atoms with Crippen molar-refractivity contribution in [2.24, 2.45) is 0 Å². The minimum atomic E-state index is -0.113. The number of carbonyl (C=O) groups is 1. The molecule has 0 saturated heterocycles. The maximum absolute atomic E-state index is 12.4. The number of hydrogen-bond acceptors (Lipinski definition) is 4. The average molecular weight is 332 g/mol. The largest absolute Gasteiger partial charge is 0.494 e. The smallest absolute Gasteiger partial charge is 0.251 e. The first-order chi connectivity index (χ1) is 10.9. The molecular formula is C18H24N2O2S. The van der Waals surface area contributed by atoms with Gasteiger partial charge in [0.05, 0.1) is 23.4 Å². The molecule has 0 radical (unpaired) electrons. The van der Waals surface area contributed by atoms with E-state index in [9.17, 15) is 4.79 Å². The number of amides is 1. The number of hydrogen-bond donors (Lipinski definition) is 1. The Morgan fingerprint density at radius 3 is 2.65 bits per heavy atom. The van der Waals surface area contributed by atoms with Crippen molar-refractivity contribution in [2.45, 2.75) is 46.6 Å². The minimum absolute atomic E-state index is 0.0947. The first-order valence-electron chi connectivity index (χ1n) is 7.92. The quantitative estimate of drug-likeness (QED) is 0.849. The van der Waals surface area contributed by atoms with Crippen LogP contribution in [0.5, 0.6) is 5.75 Å². The van der Waals surface area contributed by atoms with Crippen molar-refractivity contribution in [3.63, 3.8) is 0 Å². The monoisotopic (exact) mass is 332 g/mol. The third-order valence-electron chi connectivity index (χ3n) is 3.56. The van der Waals surface area contributed by atoms with Gasteiger partial charge >= 0.3 is 0 Å². The lowest BCUT2D eigenvalue weighted by Crippen LogP contribution is -2.27. The van der Waals surface area contributed by atoms with Crippen molar-refractivity contribution in [3.05, 3.63) is 45.4 Å². The van der Waals surface area contributed by atoms with E-state index in [-0.39, 0.29) is 11.9 Å². The van der Waals surface area contributed by atoms with Gasteiger partial charge < -0.3 is 10.1 Å². The Morgan fingerprint density at radius 2 is 2.09 bits per heavy atom. The molecule has 124 valence electrons. The van der Waals surface area contributed by atoms with Gasteiger partial charge in [-0.15, -0.1) is 11.3 Å². The molecule has 0 spiro atoms. The summed E-state index contributed by atoms with van der Waals surface area (Å²) in [7, 11) is 0. The fourth-order valence-electron chi connectivity index (χ4n) is 2.23. The van der Waals surface area contributed by atoms with Crippen LogP contribution in [-0.4, -0.2) is 17.5 Å². The average Bonchev–Trinajstić information content (AvgIpc) is 2.99. The molecular weight excluding hydrogens is 308 g/mol. The fourth-order valence-corrected chi connectivity index (χ4v) is 3.16. The summed E-state index contributed by atoms with van der Waals surface area (Å²) in [6.45, 7) is 10.7. The highest BCUT2D eigenvalue weighted by Crippen LogP contribution is 2.23. The summed E-state index contributed by atoms with van der Waals surface area (Å²) in [6.07, 6.45) is 0. The number of nitrogens with zero attached hydrogens (tertiary/aromatic N) is 1. The van der Waals surface area contributed by atoms with Crippen LogP contribution in [-0.2, 0) is 0 Å². The van der Waals surface area contributed by atoms with Crippen molar-refractivity contribution in [3.8, 4) is 5.75 Å². The molecule has 1 aromatic carbocycles. The number of ether oxygens (including phenoxy) is 1. The Labute approximate surface area is 141 Å². The fraction of sp³-hybridized carbons (Fsp3) is 0.444. The molecule has 23 heavy (non-hydrogen) atoms. The van der Waals surface area contributed by atoms with Crippen LogP contribution in [0.15, 0.2) is 23.6 Å². The van der Waals surface area contributed by atoms with Gasteiger partial charge in [0, 0.05) is 16.9 Å². The summed E-state index contributed by atoms with van der Waals surface area (Å²) >= 11 is 1.64. The topological polar surface area (TPSA) is 51.2 Å². The van der Waals surface area contributed by atoms with Crippen LogP contribution in [0, 0.1) is 6.92 Å². The molecule has 5 heteroatoms. The van der Waals surface area contributed by atoms with Gasteiger partial charge in [0.2, 0.25) is 0 Å². The molecule has 4 nitrogen and oxygen atoms in total. The van der Waals surface area contributed by atoms with Crippen molar-refractivity contribution < 1.29 is 9.53 Å². The molecule has 0 saturated carbocycles. The van der Waals surface area contributed by atoms with Crippen LogP contribution in [0.4, 0.5) is 0 Å². The van der Waals surface area contributed by atoms with Gasteiger partial charge in [-0.2, -0.15) is 0 Å². The number of rotatable bonds is 6. The summed E-state index contributed by atoms with van der Waals surface area (Å²) < 4.78 is 5.51. The van der Waals surface area contributed by atoms with Gasteiger partial charge in [0.15, 0.2) is 0 Å². The van der Waals surface area contributed by atoms with Gasteiger partial charge in [-0.3, -0.25) is 4.79 Å². The molecule has 1 amide bonds. The molecule has 1 atom stereocenters. The van der Waals surface area contributed by atoms with Crippen molar-refractivity contribution >= 4 is 17.2 Å². The van der Waals surface area contributed by atoms with E-state index >= 15 is 0 Å². The van der Waals surface area contributed by atoms with Gasteiger partial charge in [-0.25, -0.2) is 4.98 Å². The maximum Gasteiger partial charge on any atom is 0.251 e. The van der Waals surface area contributed by atoms with Crippen LogP contribution in [0.1, 0.15) is 66.3 Å². The molecule has 1 unspecified atom stereocenters. The molecule has 1 heterocycles. The highest BCUT2D eigenvalue weighted by atomic mass is 32.1. The Hall–Kier alpha value is -1.88. The standard InChI is InChI=1S/C18H24N2O2S/c1-6-22-16-8-7-14(9-12(16)4)17(21)19-13(5)15-10-23-18(20-15)11(2)3/h7-11,13H,6H2,1-5H3,(H,19,21). The number of thiazole rings is 1. The normalized spacial score (nSPS) is 12.3. The zero-order valence-electron chi connectivity index (χ0n) is 14.3. The second kappa shape index (κ2) is 7.59. The van der Waals surface area contributed by atoms with E-state index in [1.807, 2.05) is 38.3 Å². The summed E-state index contributed by atoms with van der Waals surface area (Å²) in [5, 5.41) is 6.12. The minimum Gasteiger partial charge on any atom is -0.494 e. The van der Waals surface area contributed by atoms with E-state index in [4.69, 9.17) is 4.74 Å². The second-order valence-corrected chi connectivity index (χ2v) is 6.76. The van der Waals surface area contributed by atoms with E-state index in [1.165, 1.54) is 0 Å². The van der Waals surface area contributed by atoms with Crippen molar-refractivity contribution in [1.29, 1.82) is 0 Å². The SMILES string of the molecule is CCOc1ccc(C(=O)NC(C)c2csc(C(C)C)n2)cc1C. The zero-order chi connectivity index (χ0) is 17.0. The molecule has 2 aromatic rings. The van der Waals surface area contributed by atoms with Crippen LogP contribution in [0.25, 0.3) is 0 Å².